The van der Waals surface area contributed by atoms with E-state index in [1.165, 1.54) is 4.90 Å². The van der Waals surface area contributed by atoms with Crippen LogP contribution in [0.15, 0.2) is 24.3 Å². The van der Waals surface area contributed by atoms with Gasteiger partial charge >= 0.3 is 0 Å². The molecule has 0 spiro atoms. The summed E-state index contributed by atoms with van der Waals surface area (Å²) >= 11 is 12.3. The van der Waals surface area contributed by atoms with Crippen molar-refractivity contribution >= 4 is 29.3 Å². The van der Waals surface area contributed by atoms with Gasteiger partial charge in [-0.05, 0) is 47.4 Å². The summed E-state index contributed by atoms with van der Waals surface area (Å²) in [6, 6.07) is 5.46. The average molecular weight is 397 g/mol. The summed E-state index contributed by atoms with van der Waals surface area (Å²) in [5.41, 5.74) is 0.605. The lowest BCUT2D eigenvalue weighted by Crippen LogP contribution is -3.12. The monoisotopic (exact) mass is 396 g/mol. The van der Waals surface area contributed by atoms with Crippen LogP contribution in [0.5, 0.6) is 0 Å². The molecule has 0 saturated heterocycles. The standard InChI is InChI=1S/C19H27Cl2N5/c1-18(2,3)16(11-9-13-8-10-14(20)12-15(13)21)26-17(22-23-24-26)19(4,5)25(6)7/h8-12,16H,1-7H3/p+1/b11-9+/t16-/m1/s1. The number of halogens is 2. The zero-order valence-corrected chi connectivity index (χ0v) is 18.0. The lowest BCUT2D eigenvalue weighted by Gasteiger charge is -2.33. The number of quaternary nitrogens is 1. The van der Waals surface area contributed by atoms with E-state index in [1.807, 2.05) is 22.9 Å². The van der Waals surface area contributed by atoms with E-state index in [0.29, 0.717) is 10.0 Å². The van der Waals surface area contributed by atoms with Gasteiger partial charge in [0.05, 0.1) is 20.1 Å². The fraction of sp³-hybridized carbons (Fsp3) is 0.526. The minimum Gasteiger partial charge on any atom is -0.329 e. The fourth-order valence-corrected chi connectivity index (χ4v) is 3.06. The minimum absolute atomic E-state index is 0.0298. The molecule has 26 heavy (non-hydrogen) atoms. The molecule has 0 aliphatic rings. The van der Waals surface area contributed by atoms with Crippen molar-refractivity contribution in [2.75, 3.05) is 14.1 Å². The number of rotatable bonds is 5. The van der Waals surface area contributed by atoms with Crippen LogP contribution in [0.25, 0.3) is 6.08 Å². The van der Waals surface area contributed by atoms with Crippen LogP contribution >= 0.6 is 23.2 Å². The Balaban J connectivity index is 2.48. The van der Waals surface area contributed by atoms with E-state index < -0.39 is 0 Å². The second-order valence-corrected chi connectivity index (χ2v) is 9.25. The molecule has 7 heteroatoms. The highest BCUT2D eigenvalue weighted by Crippen LogP contribution is 2.34. The predicted molar refractivity (Wildman–Crippen MR) is 108 cm³/mol. The second-order valence-electron chi connectivity index (χ2n) is 8.41. The zero-order chi connectivity index (χ0) is 19.7. The first-order valence-electron chi connectivity index (χ1n) is 8.67. The maximum absolute atomic E-state index is 6.31. The van der Waals surface area contributed by atoms with Crippen LogP contribution < -0.4 is 4.90 Å². The lowest BCUT2D eigenvalue weighted by atomic mass is 9.85. The van der Waals surface area contributed by atoms with Gasteiger partial charge in [0.25, 0.3) is 0 Å². The first kappa shape index (κ1) is 20.9. The maximum atomic E-state index is 6.31. The van der Waals surface area contributed by atoms with E-state index in [0.717, 1.165) is 11.4 Å². The average Bonchev–Trinajstić information content (AvgIpc) is 2.97. The van der Waals surface area contributed by atoms with Crippen molar-refractivity contribution in [2.45, 2.75) is 46.2 Å². The molecule has 1 N–H and O–H groups in total. The SMILES string of the molecule is C[NH+](C)C(C)(C)c1nnnn1[C@H](/C=C/c1ccc(Cl)cc1Cl)C(C)(C)C. The Morgan fingerprint density at radius 1 is 1.12 bits per heavy atom. The molecule has 1 atom stereocenters. The van der Waals surface area contributed by atoms with E-state index >= 15 is 0 Å². The highest BCUT2D eigenvalue weighted by atomic mass is 35.5. The van der Waals surface area contributed by atoms with Crippen LogP contribution in [0.3, 0.4) is 0 Å². The highest BCUT2D eigenvalue weighted by molar-refractivity contribution is 6.35. The molecule has 2 rings (SSSR count). The van der Waals surface area contributed by atoms with Gasteiger partial charge in [0, 0.05) is 10.0 Å². The largest absolute Gasteiger partial charge is 0.329 e. The van der Waals surface area contributed by atoms with Crippen LogP contribution in [-0.2, 0) is 5.54 Å². The van der Waals surface area contributed by atoms with Crippen molar-refractivity contribution < 1.29 is 4.90 Å². The molecule has 1 heterocycles. The van der Waals surface area contributed by atoms with Crippen molar-refractivity contribution in [3.05, 3.63) is 45.7 Å². The molecule has 2 aromatic rings. The molecular weight excluding hydrogens is 369 g/mol. The number of aromatic nitrogens is 4. The number of benzene rings is 1. The van der Waals surface area contributed by atoms with E-state index in [1.54, 1.807) is 6.07 Å². The van der Waals surface area contributed by atoms with E-state index in [-0.39, 0.29) is 17.0 Å². The molecule has 0 saturated carbocycles. The van der Waals surface area contributed by atoms with Crippen LogP contribution in [0.2, 0.25) is 10.0 Å². The first-order valence-corrected chi connectivity index (χ1v) is 9.42. The van der Waals surface area contributed by atoms with Crippen molar-refractivity contribution in [3.8, 4) is 0 Å². The van der Waals surface area contributed by atoms with E-state index in [2.05, 4.69) is 70.3 Å². The molecule has 142 valence electrons. The van der Waals surface area contributed by atoms with Crippen molar-refractivity contribution in [1.82, 2.24) is 20.2 Å². The molecule has 0 radical (unpaired) electrons. The van der Waals surface area contributed by atoms with Gasteiger partial charge in [-0.3, -0.25) is 0 Å². The third-order valence-electron chi connectivity index (χ3n) is 4.87. The number of nitrogens with one attached hydrogen (secondary N) is 1. The third kappa shape index (κ3) is 4.45. The molecule has 1 aromatic carbocycles. The quantitative estimate of drug-likeness (QED) is 0.838. The molecule has 1 aromatic heterocycles. The van der Waals surface area contributed by atoms with Gasteiger partial charge in [-0.1, -0.05) is 62.2 Å². The lowest BCUT2D eigenvalue weighted by molar-refractivity contribution is -0.920. The number of nitrogens with zero attached hydrogens (tertiary/aromatic N) is 4. The Morgan fingerprint density at radius 3 is 2.31 bits per heavy atom. The van der Waals surface area contributed by atoms with Gasteiger partial charge in [0.15, 0.2) is 5.54 Å². The van der Waals surface area contributed by atoms with Crippen LogP contribution in [0, 0.1) is 5.41 Å². The van der Waals surface area contributed by atoms with E-state index in [4.69, 9.17) is 23.2 Å². The van der Waals surface area contributed by atoms with Crippen molar-refractivity contribution in [2.24, 2.45) is 5.41 Å². The van der Waals surface area contributed by atoms with Gasteiger partial charge in [0.2, 0.25) is 5.82 Å². The van der Waals surface area contributed by atoms with E-state index in [9.17, 15) is 0 Å². The van der Waals surface area contributed by atoms with Crippen LogP contribution in [0.1, 0.15) is 52.0 Å². The highest BCUT2D eigenvalue weighted by Gasteiger charge is 2.37. The van der Waals surface area contributed by atoms with Crippen LogP contribution in [-0.4, -0.2) is 34.3 Å². The smallest absolute Gasteiger partial charge is 0.212 e. The Kier molecular flexibility index (Phi) is 6.16. The van der Waals surface area contributed by atoms with Crippen LogP contribution in [0.4, 0.5) is 0 Å². The topological polar surface area (TPSA) is 48.0 Å². The Hall–Kier alpha value is -1.43. The second kappa shape index (κ2) is 7.67. The summed E-state index contributed by atoms with van der Waals surface area (Å²) in [5, 5.41) is 13.9. The van der Waals surface area contributed by atoms with Crippen molar-refractivity contribution in [1.29, 1.82) is 0 Å². The number of tetrazole rings is 1. The summed E-state index contributed by atoms with van der Waals surface area (Å²) in [5.74, 6) is 0.851. The van der Waals surface area contributed by atoms with Gasteiger partial charge in [-0.15, -0.1) is 5.10 Å². The van der Waals surface area contributed by atoms with Crippen molar-refractivity contribution in [3.63, 3.8) is 0 Å². The molecular formula is C19H28Cl2N5+. The molecule has 0 aliphatic carbocycles. The number of hydrogen-bond acceptors (Lipinski definition) is 3. The maximum Gasteiger partial charge on any atom is 0.212 e. The summed E-state index contributed by atoms with van der Waals surface area (Å²) < 4.78 is 1.92. The summed E-state index contributed by atoms with van der Waals surface area (Å²) in [6.45, 7) is 10.8. The Morgan fingerprint density at radius 2 is 1.77 bits per heavy atom. The summed E-state index contributed by atoms with van der Waals surface area (Å²) in [4.78, 5) is 1.26. The molecule has 0 bridgehead atoms. The Labute approximate surface area is 166 Å². The normalized spacial score (nSPS) is 14.4. The third-order valence-corrected chi connectivity index (χ3v) is 5.44. The Bertz CT molecular complexity index is 787. The molecule has 0 fully saturated rings. The predicted octanol–water partition coefficient (Wildman–Crippen LogP) is 3.66. The summed E-state index contributed by atoms with van der Waals surface area (Å²) in [6.07, 6.45) is 4.12. The first-order chi connectivity index (χ1) is 11.9. The van der Waals surface area contributed by atoms with Gasteiger partial charge in [0.1, 0.15) is 0 Å². The zero-order valence-electron chi connectivity index (χ0n) is 16.5. The van der Waals surface area contributed by atoms with Gasteiger partial charge in [-0.25, -0.2) is 4.68 Å². The molecule has 0 unspecified atom stereocenters. The summed E-state index contributed by atoms with van der Waals surface area (Å²) in [7, 11) is 4.21. The number of allylic oxidation sites excluding steroid dienone is 1. The fourth-order valence-electron chi connectivity index (χ4n) is 2.58. The van der Waals surface area contributed by atoms with Gasteiger partial charge < -0.3 is 4.90 Å². The molecule has 5 nitrogen and oxygen atoms in total. The van der Waals surface area contributed by atoms with Gasteiger partial charge in [-0.2, -0.15) is 0 Å². The molecule has 0 aliphatic heterocycles. The molecule has 0 amide bonds. The minimum atomic E-state index is -0.223. The number of hydrogen-bond donors (Lipinski definition) is 1.